The van der Waals surface area contributed by atoms with Gasteiger partial charge in [-0.1, -0.05) is 48.4 Å². The van der Waals surface area contributed by atoms with Crippen molar-refractivity contribution in [3.63, 3.8) is 0 Å². The Bertz CT molecular complexity index is 794. The monoisotopic (exact) mass is 367 g/mol. The summed E-state index contributed by atoms with van der Waals surface area (Å²) in [4.78, 5) is 12.1. The number of aliphatic carboxylic acids is 1. The number of nitrogens with zero attached hydrogens (tertiary/aromatic N) is 3. The smallest absolute Gasteiger partial charge is 0.307 e. The van der Waals surface area contributed by atoms with E-state index in [1.807, 2.05) is 0 Å². The molecule has 3 N–H and O–H groups in total. The predicted molar refractivity (Wildman–Crippen MR) is 101 cm³/mol. The summed E-state index contributed by atoms with van der Waals surface area (Å²) in [6.07, 6.45) is 6.94. The summed E-state index contributed by atoms with van der Waals surface area (Å²) >= 11 is 0. The number of carboxylic acid groups (broad SMARTS) is 1. The van der Waals surface area contributed by atoms with E-state index in [9.17, 15) is 9.90 Å². The Balaban J connectivity index is 1.58. The minimum absolute atomic E-state index is 0.181. The van der Waals surface area contributed by atoms with Gasteiger partial charge in [0.05, 0.1) is 5.92 Å². The van der Waals surface area contributed by atoms with Crippen LogP contribution in [-0.2, 0) is 11.2 Å². The maximum absolute atomic E-state index is 12.1. The highest BCUT2D eigenvalue weighted by Gasteiger charge is 2.39. The van der Waals surface area contributed by atoms with Crippen LogP contribution in [0.15, 0.2) is 30.3 Å². The van der Waals surface area contributed by atoms with Crippen LogP contribution in [0.25, 0.3) is 5.57 Å². The second-order valence-electron chi connectivity index (χ2n) is 7.55. The Morgan fingerprint density at radius 2 is 2.00 bits per heavy atom. The van der Waals surface area contributed by atoms with E-state index < -0.39 is 11.9 Å². The van der Waals surface area contributed by atoms with Crippen LogP contribution in [0.4, 0.5) is 0 Å². The Morgan fingerprint density at radius 3 is 2.59 bits per heavy atom. The molecule has 7 heteroatoms. The van der Waals surface area contributed by atoms with Crippen LogP contribution in [-0.4, -0.2) is 44.8 Å². The maximum atomic E-state index is 12.1. The van der Waals surface area contributed by atoms with E-state index in [-0.39, 0.29) is 11.8 Å². The fourth-order valence-electron chi connectivity index (χ4n) is 4.53. The highest BCUT2D eigenvalue weighted by Crippen LogP contribution is 2.40. The zero-order chi connectivity index (χ0) is 18.6. The third-order valence-electron chi connectivity index (χ3n) is 5.91. The van der Waals surface area contributed by atoms with Gasteiger partial charge in [-0.25, -0.2) is 0 Å². The van der Waals surface area contributed by atoms with Crippen molar-refractivity contribution in [2.24, 2.45) is 11.8 Å². The molecule has 0 spiro atoms. The van der Waals surface area contributed by atoms with Crippen LogP contribution in [0.1, 0.15) is 48.6 Å². The third-order valence-corrected chi connectivity index (χ3v) is 5.91. The molecular weight excluding hydrogens is 342 g/mol. The van der Waals surface area contributed by atoms with Crippen LogP contribution in [0.2, 0.25) is 0 Å². The number of tetrazole rings is 1. The summed E-state index contributed by atoms with van der Waals surface area (Å²) in [6.45, 7) is 1.81. The molecule has 1 aliphatic carbocycles. The molecule has 0 radical (unpaired) electrons. The number of aromatic amines is 1. The molecule has 7 nitrogen and oxygen atoms in total. The summed E-state index contributed by atoms with van der Waals surface area (Å²) in [5.41, 5.74) is 3.63. The summed E-state index contributed by atoms with van der Waals surface area (Å²) in [7, 11) is 0. The largest absolute Gasteiger partial charge is 0.481 e. The van der Waals surface area contributed by atoms with Gasteiger partial charge in [0, 0.05) is 19.0 Å². The lowest BCUT2D eigenvalue weighted by atomic mass is 9.77. The first-order valence-electron chi connectivity index (χ1n) is 9.67. The number of nitrogens with one attached hydrogen (secondary N) is 2. The van der Waals surface area contributed by atoms with Crippen molar-refractivity contribution in [1.29, 1.82) is 0 Å². The molecule has 2 heterocycles. The van der Waals surface area contributed by atoms with Gasteiger partial charge in [0.15, 0.2) is 5.82 Å². The first-order valence-corrected chi connectivity index (χ1v) is 9.67. The molecule has 142 valence electrons. The van der Waals surface area contributed by atoms with Gasteiger partial charge in [-0.3, -0.25) is 4.79 Å². The van der Waals surface area contributed by atoms with Gasteiger partial charge in [0.2, 0.25) is 0 Å². The summed E-state index contributed by atoms with van der Waals surface area (Å²) in [6, 6.07) is 8.42. The van der Waals surface area contributed by atoms with Crippen LogP contribution < -0.4 is 5.32 Å². The molecule has 1 aliphatic heterocycles. The van der Waals surface area contributed by atoms with Crippen molar-refractivity contribution in [3.05, 3.63) is 47.3 Å². The van der Waals surface area contributed by atoms with Crippen molar-refractivity contribution >= 4 is 11.5 Å². The average molecular weight is 367 g/mol. The van der Waals surface area contributed by atoms with Crippen molar-refractivity contribution < 1.29 is 9.90 Å². The molecule has 2 aliphatic rings. The molecule has 2 aromatic rings. The van der Waals surface area contributed by atoms with Gasteiger partial charge in [0.1, 0.15) is 0 Å². The van der Waals surface area contributed by atoms with Gasteiger partial charge in [0.25, 0.3) is 0 Å². The third kappa shape index (κ3) is 3.93. The maximum Gasteiger partial charge on any atom is 0.307 e. The fraction of sp³-hybridized carbons (Fsp3) is 0.500. The van der Waals surface area contributed by atoms with Crippen molar-refractivity contribution in [2.45, 2.75) is 38.0 Å². The standard InChI is InChI=1S/C20H25N5O2/c26-20(27)18(15-3-1-2-4-15)17(19-22-24-25-23-19)11-13-5-7-14(8-6-13)16-9-10-21-12-16/h5-9,15,17-18,21H,1-4,10-12H2,(H,26,27)(H,22,23,24,25)/t17-,18?/m0/s1. The minimum Gasteiger partial charge on any atom is -0.481 e. The molecule has 1 unspecified atom stereocenters. The molecular formula is C20H25N5O2. The van der Waals surface area contributed by atoms with Gasteiger partial charge >= 0.3 is 5.97 Å². The Hall–Kier alpha value is -2.54. The summed E-state index contributed by atoms with van der Waals surface area (Å²) < 4.78 is 0. The predicted octanol–water partition coefficient (Wildman–Crippen LogP) is 2.40. The number of aromatic nitrogens is 4. The van der Waals surface area contributed by atoms with E-state index in [1.54, 1.807) is 0 Å². The lowest BCUT2D eigenvalue weighted by molar-refractivity contribution is -0.144. The number of H-pyrrole nitrogens is 1. The fourth-order valence-corrected chi connectivity index (χ4v) is 4.53. The zero-order valence-corrected chi connectivity index (χ0v) is 15.3. The Kier molecular flexibility index (Phi) is 5.29. The van der Waals surface area contributed by atoms with Crippen molar-refractivity contribution in [1.82, 2.24) is 25.9 Å². The quantitative estimate of drug-likeness (QED) is 0.694. The molecule has 4 rings (SSSR count). The topological polar surface area (TPSA) is 104 Å². The number of hydrogen-bond donors (Lipinski definition) is 3. The van der Waals surface area contributed by atoms with Crippen LogP contribution >= 0.6 is 0 Å². The molecule has 27 heavy (non-hydrogen) atoms. The highest BCUT2D eigenvalue weighted by atomic mass is 16.4. The van der Waals surface area contributed by atoms with Crippen LogP contribution in [0.5, 0.6) is 0 Å². The van der Waals surface area contributed by atoms with E-state index in [1.165, 1.54) is 11.1 Å². The summed E-state index contributed by atoms with van der Waals surface area (Å²) in [5, 5.41) is 27.7. The highest BCUT2D eigenvalue weighted by molar-refractivity contribution is 5.72. The van der Waals surface area contributed by atoms with E-state index in [0.29, 0.717) is 12.2 Å². The van der Waals surface area contributed by atoms with E-state index >= 15 is 0 Å². The summed E-state index contributed by atoms with van der Waals surface area (Å²) in [5.74, 6) is -0.828. The van der Waals surface area contributed by atoms with Gasteiger partial charge in [-0.2, -0.15) is 5.21 Å². The first kappa shape index (κ1) is 17.9. The van der Waals surface area contributed by atoms with Crippen LogP contribution in [0, 0.1) is 11.8 Å². The number of hydrogen-bond acceptors (Lipinski definition) is 5. The molecule has 1 saturated carbocycles. The van der Waals surface area contributed by atoms with Crippen molar-refractivity contribution in [2.75, 3.05) is 13.1 Å². The molecule has 1 aromatic heterocycles. The van der Waals surface area contributed by atoms with Gasteiger partial charge in [-0.15, -0.1) is 10.2 Å². The Morgan fingerprint density at radius 1 is 1.22 bits per heavy atom. The van der Waals surface area contributed by atoms with Crippen LogP contribution in [0.3, 0.4) is 0 Å². The Labute approximate surface area is 158 Å². The lowest BCUT2D eigenvalue weighted by Gasteiger charge is -2.26. The number of carbonyl (C=O) groups is 1. The van der Waals surface area contributed by atoms with E-state index in [2.05, 4.69) is 56.3 Å². The second kappa shape index (κ2) is 8.00. The van der Waals surface area contributed by atoms with Crippen molar-refractivity contribution in [3.8, 4) is 0 Å². The average Bonchev–Trinajstić information content (AvgIpc) is 3.43. The normalized spacial score (nSPS) is 19.8. The van der Waals surface area contributed by atoms with E-state index in [4.69, 9.17) is 0 Å². The van der Waals surface area contributed by atoms with E-state index in [0.717, 1.165) is 44.3 Å². The zero-order valence-electron chi connectivity index (χ0n) is 15.3. The minimum atomic E-state index is -0.754. The molecule has 0 bridgehead atoms. The number of rotatable bonds is 7. The first-order chi connectivity index (χ1) is 13.2. The molecule has 2 atom stereocenters. The molecule has 0 amide bonds. The molecule has 1 fully saturated rings. The van der Waals surface area contributed by atoms with Gasteiger partial charge < -0.3 is 10.4 Å². The number of carboxylic acids is 1. The lowest BCUT2D eigenvalue weighted by Crippen LogP contribution is -2.30. The molecule has 0 saturated heterocycles. The molecule has 1 aromatic carbocycles. The van der Waals surface area contributed by atoms with Gasteiger partial charge in [-0.05, 0) is 41.9 Å². The second-order valence-corrected chi connectivity index (χ2v) is 7.55. The SMILES string of the molecule is O=C(O)C(C1CCCC1)[C@H](Cc1ccc(C2=CCNC2)cc1)c1nn[nH]n1. The number of benzene rings is 1.